The molecule has 0 aliphatic carbocycles. The zero-order valence-corrected chi connectivity index (χ0v) is 10.3. The number of anilines is 1. The van der Waals surface area contributed by atoms with E-state index < -0.39 is 47.5 Å². The number of hydrogen-bond donors (Lipinski definition) is 5. The molecule has 0 spiro atoms. The molecule has 1 aromatic rings. The van der Waals surface area contributed by atoms with Crippen LogP contribution in [0, 0.1) is 10.1 Å². The molecule has 0 bridgehead atoms. The third-order valence-electron chi connectivity index (χ3n) is 2.77. The molecule has 0 saturated carbocycles. The van der Waals surface area contributed by atoms with E-state index >= 15 is 0 Å². The van der Waals surface area contributed by atoms with Gasteiger partial charge in [-0.1, -0.05) is 6.07 Å². The topological polar surface area (TPSA) is 153 Å². The number of carbonyl (C=O) groups is 1. The van der Waals surface area contributed by atoms with Crippen LogP contribution < -0.4 is 5.32 Å². The number of nitrogens with zero attached hydrogens (tertiary/aromatic N) is 1. The Bertz CT molecular complexity index is 473. The summed E-state index contributed by atoms with van der Waals surface area (Å²) in [4.78, 5) is 21.2. The van der Waals surface area contributed by atoms with E-state index in [2.05, 4.69) is 5.32 Å². The van der Waals surface area contributed by atoms with Gasteiger partial charge in [-0.3, -0.25) is 10.1 Å². The van der Waals surface area contributed by atoms with Gasteiger partial charge in [-0.15, -0.1) is 0 Å². The van der Waals surface area contributed by atoms with Crippen LogP contribution in [0.1, 0.15) is 10.4 Å². The Balaban J connectivity index is 3.40. The van der Waals surface area contributed by atoms with Crippen molar-refractivity contribution in [3.05, 3.63) is 33.9 Å². The lowest BCUT2D eigenvalue weighted by Gasteiger charge is -2.30. The van der Waals surface area contributed by atoms with E-state index in [-0.39, 0.29) is 5.69 Å². The average Bonchev–Trinajstić information content (AvgIpc) is 2.44. The number of hydrogen-bond acceptors (Lipinski definition) is 7. The summed E-state index contributed by atoms with van der Waals surface area (Å²) in [5.41, 5.74) is -3.00. The molecule has 0 aliphatic rings. The second kappa shape index (κ2) is 6.28. The molecule has 5 N–H and O–H groups in total. The monoisotopic (exact) mass is 286 g/mol. The molecule has 1 rings (SSSR count). The maximum Gasteiger partial charge on any atom is 0.338 e. The molecule has 0 radical (unpaired) electrons. The van der Waals surface area contributed by atoms with Crippen LogP contribution in [0.5, 0.6) is 0 Å². The Kier molecular flexibility index (Phi) is 4.97. The van der Waals surface area contributed by atoms with Gasteiger partial charge in [0.15, 0.2) is 0 Å². The number of carboxylic acids is 1. The summed E-state index contributed by atoms with van der Waals surface area (Å²) in [5.74, 6) is -1.42. The van der Waals surface area contributed by atoms with Gasteiger partial charge in [-0.05, 0) is 6.07 Å². The van der Waals surface area contributed by atoms with E-state index in [1.165, 1.54) is 6.07 Å². The molecule has 0 heterocycles. The van der Waals surface area contributed by atoms with E-state index in [0.29, 0.717) is 0 Å². The lowest BCUT2D eigenvalue weighted by Crippen LogP contribution is -2.49. The third-order valence-corrected chi connectivity index (χ3v) is 2.77. The average molecular weight is 286 g/mol. The lowest BCUT2D eigenvalue weighted by molar-refractivity contribution is -0.384. The van der Waals surface area contributed by atoms with Crippen LogP contribution in [0.3, 0.4) is 0 Å². The quantitative estimate of drug-likeness (QED) is 0.329. The number of benzene rings is 1. The number of nitro benzene ring substituents is 1. The highest BCUT2D eigenvalue weighted by atomic mass is 16.6. The van der Waals surface area contributed by atoms with Crippen molar-refractivity contribution in [1.29, 1.82) is 0 Å². The summed E-state index contributed by atoms with van der Waals surface area (Å²) in [5, 5.41) is 49.9. The van der Waals surface area contributed by atoms with Crippen LogP contribution >= 0.6 is 0 Å². The fourth-order valence-electron chi connectivity index (χ4n) is 1.54. The van der Waals surface area contributed by atoms with Crippen molar-refractivity contribution in [2.75, 3.05) is 25.1 Å². The highest BCUT2D eigenvalue weighted by Gasteiger charge is 2.33. The Morgan fingerprint density at radius 1 is 1.25 bits per heavy atom. The van der Waals surface area contributed by atoms with E-state index in [9.17, 15) is 30.2 Å². The zero-order valence-electron chi connectivity index (χ0n) is 10.3. The first kappa shape index (κ1) is 15.8. The molecular formula is C11H14N2O7. The van der Waals surface area contributed by atoms with Gasteiger partial charge < -0.3 is 25.7 Å². The van der Waals surface area contributed by atoms with Gasteiger partial charge in [0.05, 0.1) is 30.3 Å². The zero-order chi connectivity index (χ0) is 15.3. The van der Waals surface area contributed by atoms with Crippen molar-refractivity contribution < 1.29 is 30.1 Å². The van der Waals surface area contributed by atoms with Crippen molar-refractivity contribution >= 4 is 17.3 Å². The number of para-hydroxylation sites is 1. The normalized spacial score (nSPS) is 11.2. The second-order valence-corrected chi connectivity index (χ2v) is 4.14. The number of rotatable bonds is 7. The Labute approximate surface area is 113 Å². The standard InChI is InChI=1S/C11H14N2O7/c14-4-11(5-15,6-16)12-9-7(10(17)18)2-1-3-8(9)13(19)20/h1-3,12,14-16H,4-6H2,(H,17,18). The molecule has 0 unspecified atom stereocenters. The predicted octanol–water partition coefficient (Wildman–Crippen LogP) is -0.579. The number of aliphatic hydroxyl groups is 3. The summed E-state index contributed by atoms with van der Waals surface area (Å²) >= 11 is 0. The predicted molar refractivity (Wildman–Crippen MR) is 67.7 cm³/mol. The van der Waals surface area contributed by atoms with E-state index in [0.717, 1.165) is 12.1 Å². The van der Waals surface area contributed by atoms with E-state index in [1.807, 2.05) is 0 Å². The molecule has 1 aromatic carbocycles. The van der Waals surface area contributed by atoms with Crippen molar-refractivity contribution in [2.24, 2.45) is 0 Å². The van der Waals surface area contributed by atoms with Gasteiger partial charge in [0.2, 0.25) is 0 Å². The van der Waals surface area contributed by atoms with Crippen molar-refractivity contribution in [3.8, 4) is 0 Å². The number of carboxylic acid groups (broad SMARTS) is 1. The number of nitrogens with one attached hydrogen (secondary N) is 1. The van der Waals surface area contributed by atoms with Crippen molar-refractivity contribution in [3.63, 3.8) is 0 Å². The second-order valence-electron chi connectivity index (χ2n) is 4.14. The largest absolute Gasteiger partial charge is 0.478 e. The number of aromatic carboxylic acids is 1. The molecule has 0 amide bonds. The van der Waals surface area contributed by atoms with Crippen molar-refractivity contribution in [2.45, 2.75) is 5.54 Å². The minimum atomic E-state index is -1.67. The summed E-state index contributed by atoms with van der Waals surface area (Å²) in [6.45, 7) is -2.23. The van der Waals surface area contributed by atoms with Crippen LogP contribution in [0.15, 0.2) is 18.2 Å². The highest BCUT2D eigenvalue weighted by molar-refractivity contribution is 5.97. The maximum atomic E-state index is 11.1. The Morgan fingerprint density at radius 2 is 1.80 bits per heavy atom. The molecule has 0 fully saturated rings. The van der Waals surface area contributed by atoms with Gasteiger partial charge >= 0.3 is 5.97 Å². The maximum absolute atomic E-state index is 11.1. The van der Waals surface area contributed by atoms with Gasteiger partial charge in [0, 0.05) is 6.07 Å². The first-order chi connectivity index (χ1) is 9.40. The van der Waals surface area contributed by atoms with Crippen LogP contribution in [-0.4, -0.2) is 56.7 Å². The van der Waals surface area contributed by atoms with Gasteiger partial charge in [0.25, 0.3) is 5.69 Å². The fourth-order valence-corrected chi connectivity index (χ4v) is 1.54. The summed E-state index contributed by atoms with van der Waals surface area (Å²) in [6, 6.07) is 3.41. The number of nitro groups is 1. The first-order valence-electron chi connectivity index (χ1n) is 5.52. The number of aliphatic hydroxyl groups excluding tert-OH is 3. The minimum absolute atomic E-state index is 0.387. The molecule has 9 nitrogen and oxygen atoms in total. The smallest absolute Gasteiger partial charge is 0.338 e. The molecule has 0 aliphatic heterocycles. The molecule has 110 valence electrons. The first-order valence-corrected chi connectivity index (χ1v) is 5.52. The molecule has 0 saturated heterocycles. The Hall–Kier alpha value is -2.23. The van der Waals surface area contributed by atoms with E-state index in [1.54, 1.807) is 0 Å². The van der Waals surface area contributed by atoms with Crippen molar-refractivity contribution in [1.82, 2.24) is 0 Å². The lowest BCUT2D eigenvalue weighted by atomic mass is 10.0. The highest BCUT2D eigenvalue weighted by Crippen LogP contribution is 2.30. The molecule has 0 aromatic heterocycles. The van der Waals surface area contributed by atoms with Gasteiger partial charge in [-0.25, -0.2) is 4.79 Å². The van der Waals surface area contributed by atoms with Crippen LogP contribution in [0.2, 0.25) is 0 Å². The van der Waals surface area contributed by atoms with Gasteiger partial charge in [-0.2, -0.15) is 0 Å². The van der Waals surface area contributed by atoms with Crippen LogP contribution in [0.25, 0.3) is 0 Å². The molecule has 9 heteroatoms. The van der Waals surface area contributed by atoms with E-state index in [4.69, 9.17) is 5.11 Å². The van der Waals surface area contributed by atoms with Gasteiger partial charge in [0.1, 0.15) is 11.2 Å². The molecule has 20 heavy (non-hydrogen) atoms. The third kappa shape index (κ3) is 3.02. The molecular weight excluding hydrogens is 272 g/mol. The SMILES string of the molecule is O=C(O)c1cccc([N+](=O)[O-])c1NC(CO)(CO)CO. The minimum Gasteiger partial charge on any atom is -0.478 e. The summed E-state index contributed by atoms with van der Waals surface area (Å²) in [7, 11) is 0. The Morgan fingerprint density at radius 3 is 2.20 bits per heavy atom. The van der Waals surface area contributed by atoms with Crippen LogP contribution in [0.4, 0.5) is 11.4 Å². The molecule has 0 atom stereocenters. The summed E-state index contributed by atoms with van der Waals surface area (Å²) in [6.07, 6.45) is 0. The summed E-state index contributed by atoms with van der Waals surface area (Å²) < 4.78 is 0. The van der Waals surface area contributed by atoms with Crippen LogP contribution in [-0.2, 0) is 0 Å². The fraction of sp³-hybridized carbons (Fsp3) is 0.364.